The van der Waals surface area contributed by atoms with Crippen LogP contribution in [0.15, 0.2) is 71.1 Å². The lowest BCUT2D eigenvalue weighted by molar-refractivity contribution is 0.544. The number of allylic oxidation sites excluding steroid dienone is 6. The molecular weight excluding hydrogens is 298 g/mol. The number of hydrogen-bond donors (Lipinski definition) is 1. The first-order valence-corrected chi connectivity index (χ1v) is 7.73. The highest BCUT2D eigenvalue weighted by atomic mass is 16.3. The Morgan fingerprint density at radius 2 is 2.00 bits per heavy atom. The summed E-state index contributed by atoms with van der Waals surface area (Å²) >= 11 is 0. The van der Waals surface area contributed by atoms with Crippen molar-refractivity contribution in [3.63, 3.8) is 0 Å². The summed E-state index contributed by atoms with van der Waals surface area (Å²) < 4.78 is 6.09. The van der Waals surface area contributed by atoms with Crippen molar-refractivity contribution < 1.29 is 4.42 Å². The van der Waals surface area contributed by atoms with Gasteiger partial charge in [0.2, 0.25) is 5.56 Å². The van der Waals surface area contributed by atoms with E-state index in [0.29, 0.717) is 5.76 Å². The van der Waals surface area contributed by atoms with Gasteiger partial charge in [-0.15, -0.1) is 0 Å². The first-order chi connectivity index (χ1) is 11.7. The van der Waals surface area contributed by atoms with Gasteiger partial charge < -0.3 is 9.40 Å². The molecule has 3 nitrogen and oxygen atoms in total. The molecule has 2 heterocycles. The second-order valence-corrected chi connectivity index (χ2v) is 5.08. The Labute approximate surface area is 142 Å². The van der Waals surface area contributed by atoms with E-state index < -0.39 is 0 Å². The molecule has 0 bridgehead atoms. The number of aromatic nitrogens is 1. The SMILES string of the molecule is C=C/C(=C\C=C/C)c1oc(/C=C\C)c(C=C)c1-c1ccc(=O)[nH]c1. The van der Waals surface area contributed by atoms with Crippen LogP contribution in [0.5, 0.6) is 0 Å². The van der Waals surface area contributed by atoms with E-state index in [4.69, 9.17) is 4.42 Å². The van der Waals surface area contributed by atoms with Crippen LogP contribution >= 0.6 is 0 Å². The molecule has 24 heavy (non-hydrogen) atoms. The molecule has 0 aliphatic heterocycles. The van der Waals surface area contributed by atoms with E-state index in [9.17, 15) is 4.79 Å². The Balaban J connectivity index is 2.82. The van der Waals surface area contributed by atoms with Gasteiger partial charge in [-0.05, 0) is 26.0 Å². The predicted molar refractivity (Wildman–Crippen MR) is 103 cm³/mol. The summed E-state index contributed by atoms with van der Waals surface area (Å²) in [6.45, 7) is 11.7. The van der Waals surface area contributed by atoms with E-state index in [1.165, 1.54) is 6.07 Å². The maximum Gasteiger partial charge on any atom is 0.247 e. The highest BCUT2D eigenvalue weighted by Crippen LogP contribution is 2.38. The molecule has 0 aliphatic carbocycles. The fourth-order valence-corrected chi connectivity index (χ4v) is 2.43. The van der Waals surface area contributed by atoms with Crippen LogP contribution in [-0.2, 0) is 0 Å². The first kappa shape index (κ1) is 17.3. The van der Waals surface area contributed by atoms with E-state index in [2.05, 4.69) is 18.1 Å². The molecule has 0 spiro atoms. The van der Waals surface area contributed by atoms with Crippen molar-refractivity contribution in [2.75, 3.05) is 0 Å². The highest BCUT2D eigenvalue weighted by molar-refractivity contribution is 5.90. The third kappa shape index (κ3) is 3.46. The van der Waals surface area contributed by atoms with Crippen molar-refractivity contribution in [1.82, 2.24) is 4.98 Å². The predicted octanol–water partition coefficient (Wildman–Crippen LogP) is 5.46. The molecule has 0 saturated carbocycles. The Morgan fingerprint density at radius 1 is 1.21 bits per heavy atom. The van der Waals surface area contributed by atoms with Gasteiger partial charge in [-0.25, -0.2) is 0 Å². The zero-order chi connectivity index (χ0) is 17.5. The van der Waals surface area contributed by atoms with Crippen LogP contribution in [0.2, 0.25) is 0 Å². The van der Waals surface area contributed by atoms with Crippen molar-refractivity contribution >= 4 is 17.7 Å². The number of nitrogens with one attached hydrogen (secondary N) is 1. The molecule has 2 rings (SSSR count). The molecule has 2 aromatic rings. The summed E-state index contributed by atoms with van der Waals surface area (Å²) in [4.78, 5) is 14.1. The van der Waals surface area contributed by atoms with Crippen molar-refractivity contribution in [1.29, 1.82) is 0 Å². The summed E-state index contributed by atoms with van der Waals surface area (Å²) in [6.07, 6.45) is 14.8. The molecular formula is C21H21NO2. The minimum atomic E-state index is -0.147. The maximum absolute atomic E-state index is 11.4. The number of rotatable bonds is 6. The molecule has 0 saturated heterocycles. The number of pyridine rings is 1. The number of hydrogen-bond acceptors (Lipinski definition) is 2. The fourth-order valence-electron chi connectivity index (χ4n) is 2.43. The molecule has 2 aromatic heterocycles. The lowest BCUT2D eigenvalue weighted by atomic mass is 9.98. The molecule has 0 fully saturated rings. The maximum atomic E-state index is 11.4. The van der Waals surface area contributed by atoms with E-state index in [-0.39, 0.29) is 5.56 Å². The fraction of sp³-hybridized carbons (Fsp3) is 0.0952. The van der Waals surface area contributed by atoms with Crippen molar-refractivity contribution in [2.24, 2.45) is 0 Å². The number of H-pyrrole nitrogens is 1. The highest BCUT2D eigenvalue weighted by Gasteiger charge is 2.20. The van der Waals surface area contributed by atoms with E-state index in [1.807, 2.05) is 44.2 Å². The Bertz CT molecular complexity index is 869. The van der Waals surface area contributed by atoms with Crippen molar-refractivity contribution in [2.45, 2.75) is 13.8 Å². The second-order valence-electron chi connectivity index (χ2n) is 5.08. The van der Waals surface area contributed by atoms with Gasteiger partial charge >= 0.3 is 0 Å². The third-order valence-corrected chi connectivity index (χ3v) is 3.52. The summed E-state index contributed by atoms with van der Waals surface area (Å²) in [5, 5.41) is 0. The molecule has 0 amide bonds. The van der Waals surface area contributed by atoms with E-state index in [1.54, 1.807) is 24.4 Å². The lowest BCUT2D eigenvalue weighted by Crippen LogP contribution is -2.01. The van der Waals surface area contributed by atoms with Gasteiger partial charge in [-0.3, -0.25) is 4.79 Å². The lowest BCUT2D eigenvalue weighted by Gasteiger charge is -2.04. The summed E-state index contributed by atoms with van der Waals surface area (Å²) in [7, 11) is 0. The average molecular weight is 319 g/mol. The van der Waals surface area contributed by atoms with Gasteiger partial charge in [0, 0.05) is 34.5 Å². The standard InChI is InChI=1S/C21H21NO2/c1-5-9-11-15(7-3)21-20(16-12-13-19(23)22-14-16)17(8-4)18(24-21)10-6-2/h5-14H,3-4H2,1-2H3,(H,22,23)/b9-5-,10-6-,15-11+. The summed E-state index contributed by atoms with van der Waals surface area (Å²) in [6, 6.07) is 3.27. The van der Waals surface area contributed by atoms with Crippen LogP contribution in [0.1, 0.15) is 30.9 Å². The van der Waals surface area contributed by atoms with E-state index in [0.717, 1.165) is 28.0 Å². The topological polar surface area (TPSA) is 46.0 Å². The van der Waals surface area contributed by atoms with Crippen LogP contribution in [0, 0.1) is 0 Å². The molecule has 0 atom stereocenters. The van der Waals surface area contributed by atoms with Gasteiger partial charge in [0.1, 0.15) is 11.5 Å². The van der Waals surface area contributed by atoms with Gasteiger partial charge in [0.15, 0.2) is 0 Å². The van der Waals surface area contributed by atoms with Crippen LogP contribution in [0.25, 0.3) is 28.9 Å². The van der Waals surface area contributed by atoms with Gasteiger partial charge in [-0.2, -0.15) is 0 Å². The van der Waals surface area contributed by atoms with Gasteiger partial charge in [0.05, 0.1) is 0 Å². The van der Waals surface area contributed by atoms with Crippen LogP contribution in [0.3, 0.4) is 0 Å². The van der Waals surface area contributed by atoms with Gasteiger partial charge in [0.25, 0.3) is 0 Å². The molecule has 3 heteroatoms. The van der Waals surface area contributed by atoms with Crippen LogP contribution in [0.4, 0.5) is 0 Å². The molecule has 0 unspecified atom stereocenters. The normalized spacial score (nSPS) is 12.2. The molecule has 0 radical (unpaired) electrons. The minimum Gasteiger partial charge on any atom is -0.455 e. The quantitative estimate of drug-likeness (QED) is 0.719. The Hall–Kier alpha value is -3.07. The minimum absolute atomic E-state index is 0.147. The molecule has 0 aromatic carbocycles. The summed E-state index contributed by atoms with van der Waals surface area (Å²) in [5.74, 6) is 1.41. The smallest absolute Gasteiger partial charge is 0.247 e. The monoisotopic (exact) mass is 319 g/mol. The van der Waals surface area contributed by atoms with Gasteiger partial charge in [-0.1, -0.05) is 49.6 Å². The Kier molecular flexibility index (Phi) is 5.74. The third-order valence-electron chi connectivity index (χ3n) is 3.52. The zero-order valence-electron chi connectivity index (χ0n) is 14.0. The zero-order valence-corrected chi connectivity index (χ0v) is 14.0. The van der Waals surface area contributed by atoms with Crippen molar-refractivity contribution in [3.05, 3.63) is 89.3 Å². The van der Waals surface area contributed by atoms with Crippen LogP contribution in [-0.4, -0.2) is 4.98 Å². The van der Waals surface area contributed by atoms with Crippen molar-refractivity contribution in [3.8, 4) is 11.1 Å². The number of furan rings is 1. The Morgan fingerprint density at radius 3 is 2.54 bits per heavy atom. The molecule has 1 N–H and O–H groups in total. The number of aromatic amines is 1. The molecule has 122 valence electrons. The largest absolute Gasteiger partial charge is 0.455 e. The summed E-state index contributed by atoms with van der Waals surface area (Å²) in [5.41, 5.74) is 3.32. The van der Waals surface area contributed by atoms with Crippen LogP contribution < -0.4 is 5.56 Å². The molecule has 0 aliphatic rings. The first-order valence-electron chi connectivity index (χ1n) is 7.73. The van der Waals surface area contributed by atoms with E-state index >= 15 is 0 Å². The second kappa shape index (κ2) is 7.97. The average Bonchev–Trinajstić information content (AvgIpc) is 2.95.